The highest BCUT2D eigenvalue weighted by atomic mass is 32.2. The number of carbonyl (C=O) groups is 2. The Kier molecular flexibility index (Phi) is 8.13. The highest BCUT2D eigenvalue weighted by Gasteiger charge is 2.23. The standard InChI is InChI=1S/C19H28N4O4S/c1-15(24)20-16-10-12-18(13-11-16)28(26,27)23(2)14-19(25)22-21-17-8-6-4-3-5-7-9-17/h10-13H,3-9,14H2,1-2H3,(H,20,24)(H,22,25). The van der Waals surface area contributed by atoms with Crippen molar-refractivity contribution in [2.45, 2.75) is 56.8 Å². The van der Waals surface area contributed by atoms with Crippen molar-refractivity contribution in [2.75, 3.05) is 18.9 Å². The number of hydrogen-bond acceptors (Lipinski definition) is 5. The molecule has 0 radical (unpaired) electrons. The number of likely N-dealkylation sites (N-methyl/N-ethyl adjacent to an activating group) is 1. The number of amides is 2. The van der Waals surface area contributed by atoms with Crippen molar-refractivity contribution >= 4 is 33.2 Å². The number of rotatable bonds is 6. The second-order valence-electron chi connectivity index (χ2n) is 6.95. The van der Waals surface area contributed by atoms with Gasteiger partial charge in [0.15, 0.2) is 0 Å². The molecule has 0 aromatic heterocycles. The van der Waals surface area contributed by atoms with Crippen LogP contribution in [0.4, 0.5) is 5.69 Å². The molecule has 154 valence electrons. The predicted octanol–water partition coefficient (Wildman–Crippen LogP) is 2.48. The normalized spacial score (nSPS) is 15.5. The maximum absolute atomic E-state index is 12.6. The fraction of sp³-hybridized carbons (Fsp3) is 0.526. The van der Waals surface area contributed by atoms with Gasteiger partial charge < -0.3 is 5.32 Å². The molecule has 1 fully saturated rings. The maximum atomic E-state index is 12.6. The lowest BCUT2D eigenvalue weighted by Gasteiger charge is -2.17. The molecular weight excluding hydrogens is 380 g/mol. The van der Waals surface area contributed by atoms with Crippen molar-refractivity contribution in [2.24, 2.45) is 5.10 Å². The third kappa shape index (κ3) is 6.72. The van der Waals surface area contributed by atoms with Crippen LogP contribution in [0.25, 0.3) is 0 Å². The Hall–Kier alpha value is -2.26. The predicted molar refractivity (Wildman–Crippen MR) is 108 cm³/mol. The molecule has 1 aliphatic rings. The molecule has 1 aromatic carbocycles. The molecule has 1 aliphatic carbocycles. The van der Waals surface area contributed by atoms with Crippen LogP contribution in [-0.4, -0.2) is 43.8 Å². The van der Waals surface area contributed by atoms with Gasteiger partial charge in [0, 0.05) is 25.4 Å². The first kappa shape index (κ1) is 22.0. The smallest absolute Gasteiger partial charge is 0.255 e. The Labute approximate surface area is 166 Å². The van der Waals surface area contributed by atoms with Crippen molar-refractivity contribution < 1.29 is 18.0 Å². The number of nitrogens with zero attached hydrogens (tertiary/aromatic N) is 2. The van der Waals surface area contributed by atoms with Gasteiger partial charge in [0.25, 0.3) is 5.91 Å². The van der Waals surface area contributed by atoms with Gasteiger partial charge in [-0.1, -0.05) is 19.3 Å². The Balaban J connectivity index is 1.95. The molecular formula is C19H28N4O4S. The number of nitrogens with one attached hydrogen (secondary N) is 2. The van der Waals surface area contributed by atoms with Gasteiger partial charge in [0.05, 0.1) is 11.4 Å². The fourth-order valence-corrected chi connectivity index (χ4v) is 4.11. The van der Waals surface area contributed by atoms with E-state index in [1.165, 1.54) is 57.5 Å². The summed E-state index contributed by atoms with van der Waals surface area (Å²) in [6, 6.07) is 5.79. The Bertz CT molecular complexity index is 809. The van der Waals surface area contributed by atoms with E-state index in [2.05, 4.69) is 15.8 Å². The van der Waals surface area contributed by atoms with Crippen LogP contribution >= 0.6 is 0 Å². The lowest BCUT2D eigenvalue weighted by atomic mass is 9.99. The summed E-state index contributed by atoms with van der Waals surface area (Å²) in [6.07, 6.45) is 7.47. The summed E-state index contributed by atoms with van der Waals surface area (Å²) >= 11 is 0. The Morgan fingerprint density at radius 1 is 1.04 bits per heavy atom. The lowest BCUT2D eigenvalue weighted by molar-refractivity contribution is -0.121. The van der Waals surface area contributed by atoms with Crippen LogP contribution in [0.3, 0.4) is 0 Å². The minimum atomic E-state index is -3.82. The minimum Gasteiger partial charge on any atom is -0.326 e. The number of hydrogen-bond donors (Lipinski definition) is 2. The molecule has 2 rings (SSSR count). The van der Waals surface area contributed by atoms with Gasteiger partial charge in [-0.15, -0.1) is 0 Å². The third-order valence-electron chi connectivity index (χ3n) is 4.52. The van der Waals surface area contributed by atoms with Crippen molar-refractivity contribution in [1.82, 2.24) is 9.73 Å². The molecule has 8 nitrogen and oxygen atoms in total. The summed E-state index contributed by atoms with van der Waals surface area (Å²) in [5.74, 6) is -0.717. The van der Waals surface area contributed by atoms with E-state index in [4.69, 9.17) is 0 Å². The zero-order chi connectivity index (χ0) is 20.6. The molecule has 9 heteroatoms. The molecule has 0 atom stereocenters. The van der Waals surface area contributed by atoms with Gasteiger partial charge >= 0.3 is 0 Å². The lowest BCUT2D eigenvalue weighted by Crippen LogP contribution is -2.37. The number of sulfonamides is 1. The van der Waals surface area contributed by atoms with E-state index in [9.17, 15) is 18.0 Å². The van der Waals surface area contributed by atoms with Crippen molar-refractivity contribution in [1.29, 1.82) is 0 Å². The first-order valence-electron chi connectivity index (χ1n) is 9.47. The summed E-state index contributed by atoms with van der Waals surface area (Å²) in [5, 5.41) is 6.76. The molecule has 0 saturated heterocycles. The molecule has 28 heavy (non-hydrogen) atoms. The van der Waals surface area contributed by atoms with Crippen LogP contribution in [0.2, 0.25) is 0 Å². The van der Waals surface area contributed by atoms with Gasteiger partial charge in [-0.2, -0.15) is 9.41 Å². The van der Waals surface area contributed by atoms with Gasteiger partial charge in [-0.25, -0.2) is 13.8 Å². The van der Waals surface area contributed by atoms with E-state index in [0.717, 1.165) is 35.7 Å². The fourth-order valence-electron chi connectivity index (χ4n) is 2.98. The van der Waals surface area contributed by atoms with Crippen LogP contribution in [0.15, 0.2) is 34.3 Å². The number of benzene rings is 1. The van der Waals surface area contributed by atoms with Crippen molar-refractivity contribution in [3.05, 3.63) is 24.3 Å². The highest BCUT2D eigenvalue weighted by molar-refractivity contribution is 7.89. The molecule has 0 unspecified atom stereocenters. The molecule has 0 spiro atoms. The topological polar surface area (TPSA) is 108 Å². The van der Waals surface area contributed by atoms with Crippen molar-refractivity contribution in [3.8, 4) is 0 Å². The second kappa shape index (κ2) is 10.3. The Morgan fingerprint density at radius 3 is 2.18 bits per heavy atom. The third-order valence-corrected chi connectivity index (χ3v) is 6.34. The number of carbonyl (C=O) groups excluding carboxylic acids is 2. The van der Waals surface area contributed by atoms with Gasteiger partial charge in [-0.05, 0) is 49.9 Å². The van der Waals surface area contributed by atoms with E-state index in [1.54, 1.807) is 0 Å². The van der Waals surface area contributed by atoms with Crippen LogP contribution in [0.1, 0.15) is 51.9 Å². The highest BCUT2D eigenvalue weighted by Crippen LogP contribution is 2.17. The second-order valence-corrected chi connectivity index (χ2v) is 8.99. The minimum absolute atomic E-state index is 0.0447. The molecule has 0 aliphatic heterocycles. The van der Waals surface area contributed by atoms with E-state index in [0.29, 0.717) is 5.69 Å². The van der Waals surface area contributed by atoms with Gasteiger partial charge in [0.1, 0.15) is 0 Å². The van der Waals surface area contributed by atoms with E-state index >= 15 is 0 Å². The molecule has 1 saturated carbocycles. The first-order chi connectivity index (χ1) is 13.3. The Morgan fingerprint density at radius 2 is 1.61 bits per heavy atom. The number of hydrazone groups is 1. The molecule has 0 heterocycles. The van der Waals surface area contributed by atoms with Crippen LogP contribution in [0, 0.1) is 0 Å². The molecule has 0 bridgehead atoms. The zero-order valence-electron chi connectivity index (χ0n) is 16.4. The molecule has 2 amide bonds. The van der Waals surface area contributed by atoms with E-state index < -0.39 is 15.9 Å². The summed E-state index contributed by atoms with van der Waals surface area (Å²) in [4.78, 5) is 23.2. The van der Waals surface area contributed by atoms with E-state index in [-0.39, 0.29) is 17.3 Å². The van der Waals surface area contributed by atoms with Crippen LogP contribution < -0.4 is 10.7 Å². The van der Waals surface area contributed by atoms with E-state index in [1.807, 2.05) is 0 Å². The van der Waals surface area contributed by atoms with Crippen LogP contribution in [-0.2, 0) is 19.6 Å². The molecule has 1 aromatic rings. The van der Waals surface area contributed by atoms with Gasteiger partial charge in [-0.3, -0.25) is 9.59 Å². The quantitative estimate of drug-likeness (QED) is 0.705. The SMILES string of the molecule is CC(=O)Nc1ccc(S(=O)(=O)N(C)CC(=O)NN=C2CCCCCCC2)cc1. The van der Waals surface area contributed by atoms with Gasteiger partial charge in [0.2, 0.25) is 15.9 Å². The van der Waals surface area contributed by atoms with Crippen molar-refractivity contribution in [3.63, 3.8) is 0 Å². The maximum Gasteiger partial charge on any atom is 0.255 e. The summed E-state index contributed by atoms with van der Waals surface area (Å²) in [6.45, 7) is 1.05. The molecule has 2 N–H and O–H groups in total. The van der Waals surface area contributed by atoms with Crippen LogP contribution in [0.5, 0.6) is 0 Å². The largest absolute Gasteiger partial charge is 0.326 e. The number of anilines is 1. The summed E-state index contributed by atoms with van der Waals surface area (Å²) < 4.78 is 26.2. The zero-order valence-corrected chi connectivity index (χ0v) is 17.2. The average Bonchev–Trinajstić information content (AvgIpc) is 2.60. The summed E-state index contributed by atoms with van der Waals surface area (Å²) in [7, 11) is -2.47. The average molecular weight is 409 g/mol. The first-order valence-corrected chi connectivity index (χ1v) is 10.9. The monoisotopic (exact) mass is 408 g/mol. The summed E-state index contributed by atoms with van der Waals surface area (Å²) in [5.41, 5.74) is 3.95.